The first-order valence-electron chi connectivity index (χ1n) is 8.24. The summed E-state index contributed by atoms with van der Waals surface area (Å²) in [7, 11) is 0. The summed E-state index contributed by atoms with van der Waals surface area (Å²) in [5.74, 6) is 0.677. The molecule has 0 unspecified atom stereocenters. The van der Waals surface area contributed by atoms with Gasteiger partial charge in [-0.3, -0.25) is 4.79 Å². The van der Waals surface area contributed by atoms with Gasteiger partial charge in [-0.05, 0) is 51.5 Å². The second-order valence-corrected chi connectivity index (χ2v) is 6.81. The van der Waals surface area contributed by atoms with Gasteiger partial charge in [-0.25, -0.2) is 0 Å². The largest absolute Gasteiger partial charge is 0.345 e. The molecule has 3 rings (SSSR count). The molecule has 2 N–H and O–H groups in total. The van der Waals surface area contributed by atoms with E-state index in [1.165, 1.54) is 25.0 Å². The van der Waals surface area contributed by atoms with E-state index in [1.807, 2.05) is 4.90 Å². The number of hydrogen-bond donors (Lipinski definition) is 1. The molecular weight excluding hydrogens is 262 g/mol. The number of carbonyl (C=O) groups excluding carboxylic acids is 1. The van der Waals surface area contributed by atoms with Crippen LogP contribution in [0.15, 0.2) is 6.07 Å². The molecule has 1 saturated carbocycles. The molecule has 1 aliphatic heterocycles. The summed E-state index contributed by atoms with van der Waals surface area (Å²) in [4.78, 5) is 15.0. The van der Waals surface area contributed by atoms with E-state index in [9.17, 15) is 4.79 Å². The summed E-state index contributed by atoms with van der Waals surface area (Å²) < 4.78 is 2.35. The van der Waals surface area contributed by atoms with Crippen molar-refractivity contribution in [3.8, 4) is 0 Å². The van der Waals surface area contributed by atoms with Crippen LogP contribution in [0.5, 0.6) is 0 Å². The van der Waals surface area contributed by atoms with E-state index in [0.717, 1.165) is 24.2 Å². The topological polar surface area (TPSA) is 51.3 Å². The highest BCUT2D eigenvalue weighted by molar-refractivity contribution is 5.96. The van der Waals surface area contributed by atoms with Crippen LogP contribution in [-0.2, 0) is 0 Å². The fourth-order valence-corrected chi connectivity index (χ4v) is 3.90. The minimum Gasteiger partial charge on any atom is -0.345 e. The van der Waals surface area contributed by atoms with Gasteiger partial charge in [0.05, 0.1) is 5.56 Å². The van der Waals surface area contributed by atoms with Crippen LogP contribution in [0.4, 0.5) is 0 Å². The van der Waals surface area contributed by atoms with Crippen LogP contribution in [-0.4, -0.2) is 34.5 Å². The van der Waals surface area contributed by atoms with Gasteiger partial charge in [0.15, 0.2) is 0 Å². The van der Waals surface area contributed by atoms with Crippen molar-refractivity contribution in [3.63, 3.8) is 0 Å². The molecule has 0 bridgehead atoms. The SMILES string of the molecule is Cc1cc(C(=O)N2CCC[C@H](C)[C@H]2CN)c(C)n1C1CC1. The van der Waals surface area contributed by atoms with E-state index in [1.54, 1.807) is 0 Å². The van der Waals surface area contributed by atoms with Crippen molar-refractivity contribution in [3.05, 3.63) is 23.0 Å². The van der Waals surface area contributed by atoms with E-state index in [-0.39, 0.29) is 11.9 Å². The summed E-state index contributed by atoms with van der Waals surface area (Å²) in [5.41, 5.74) is 9.16. The number of piperidine rings is 1. The molecule has 1 aromatic heterocycles. The summed E-state index contributed by atoms with van der Waals surface area (Å²) in [6, 6.07) is 2.88. The van der Waals surface area contributed by atoms with Gasteiger partial charge in [-0.1, -0.05) is 6.92 Å². The maximum absolute atomic E-state index is 13.0. The number of rotatable bonds is 3. The highest BCUT2D eigenvalue weighted by atomic mass is 16.2. The maximum atomic E-state index is 13.0. The molecule has 1 aliphatic carbocycles. The van der Waals surface area contributed by atoms with Gasteiger partial charge in [-0.15, -0.1) is 0 Å². The van der Waals surface area contributed by atoms with Gasteiger partial charge in [0, 0.05) is 36.6 Å². The van der Waals surface area contributed by atoms with Gasteiger partial charge in [0.2, 0.25) is 0 Å². The lowest BCUT2D eigenvalue weighted by Gasteiger charge is -2.39. The highest BCUT2D eigenvalue weighted by Gasteiger charge is 2.34. The Kier molecular flexibility index (Phi) is 3.82. The molecule has 2 heterocycles. The lowest BCUT2D eigenvalue weighted by Crippen LogP contribution is -2.51. The molecule has 1 saturated heterocycles. The molecule has 4 heteroatoms. The van der Waals surface area contributed by atoms with Crippen molar-refractivity contribution in [1.29, 1.82) is 0 Å². The standard InChI is InChI=1S/C17H27N3O/c1-11-5-4-8-19(16(11)10-18)17(21)15-9-12(2)20(13(15)3)14-6-7-14/h9,11,14,16H,4-8,10,18H2,1-3H3/t11-,16+/m0/s1. The normalized spacial score (nSPS) is 26.2. The zero-order valence-electron chi connectivity index (χ0n) is 13.4. The monoisotopic (exact) mass is 289 g/mol. The van der Waals surface area contributed by atoms with Crippen molar-refractivity contribution in [1.82, 2.24) is 9.47 Å². The third-order valence-corrected chi connectivity index (χ3v) is 5.24. The van der Waals surface area contributed by atoms with Crippen LogP contribution in [0.2, 0.25) is 0 Å². The summed E-state index contributed by atoms with van der Waals surface area (Å²) in [5, 5.41) is 0. The van der Waals surface area contributed by atoms with Crippen LogP contribution in [0, 0.1) is 19.8 Å². The third kappa shape index (κ3) is 2.50. The Morgan fingerprint density at radius 1 is 1.33 bits per heavy atom. The lowest BCUT2D eigenvalue weighted by molar-refractivity contribution is 0.0531. The molecule has 2 atom stereocenters. The number of hydrogen-bond acceptors (Lipinski definition) is 2. The first-order valence-corrected chi connectivity index (χ1v) is 8.24. The molecule has 2 fully saturated rings. The van der Waals surface area contributed by atoms with E-state index >= 15 is 0 Å². The molecular formula is C17H27N3O. The van der Waals surface area contributed by atoms with Crippen molar-refractivity contribution >= 4 is 5.91 Å². The molecule has 2 aliphatic rings. The second-order valence-electron chi connectivity index (χ2n) is 6.81. The molecule has 4 nitrogen and oxygen atoms in total. The number of likely N-dealkylation sites (tertiary alicyclic amines) is 1. The average Bonchev–Trinajstić information content (AvgIpc) is 3.24. The Hall–Kier alpha value is -1.29. The molecule has 1 amide bonds. The molecule has 21 heavy (non-hydrogen) atoms. The Labute approximate surface area is 127 Å². The number of amides is 1. The number of carbonyl (C=O) groups is 1. The smallest absolute Gasteiger partial charge is 0.255 e. The Bertz CT molecular complexity index is 544. The van der Waals surface area contributed by atoms with Gasteiger partial charge in [-0.2, -0.15) is 0 Å². The van der Waals surface area contributed by atoms with Crippen molar-refractivity contribution < 1.29 is 4.79 Å². The van der Waals surface area contributed by atoms with Crippen LogP contribution in [0.3, 0.4) is 0 Å². The Morgan fingerprint density at radius 3 is 2.67 bits per heavy atom. The molecule has 116 valence electrons. The first-order chi connectivity index (χ1) is 10.0. The quantitative estimate of drug-likeness (QED) is 0.930. The Balaban J connectivity index is 1.89. The fourth-order valence-electron chi connectivity index (χ4n) is 3.90. The number of aryl methyl sites for hydroxylation is 1. The fraction of sp³-hybridized carbons (Fsp3) is 0.706. The van der Waals surface area contributed by atoms with Crippen LogP contribution in [0.1, 0.15) is 60.4 Å². The minimum atomic E-state index is 0.178. The average molecular weight is 289 g/mol. The molecule has 0 spiro atoms. The molecule has 1 aromatic rings. The van der Waals surface area contributed by atoms with Gasteiger partial charge in [0.1, 0.15) is 0 Å². The minimum absolute atomic E-state index is 0.178. The van der Waals surface area contributed by atoms with E-state index < -0.39 is 0 Å². The molecule has 0 aromatic carbocycles. The number of aromatic nitrogens is 1. The number of nitrogens with two attached hydrogens (primary N) is 1. The predicted molar refractivity (Wildman–Crippen MR) is 84.5 cm³/mol. The van der Waals surface area contributed by atoms with Crippen molar-refractivity contribution in [2.24, 2.45) is 11.7 Å². The van der Waals surface area contributed by atoms with Crippen LogP contribution < -0.4 is 5.73 Å². The summed E-state index contributed by atoms with van der Waals surface area (Å²) >= 11 is 0. The predicted octanol–water partition coefficient (Wildman–Crippen LogP) is 2.64. The van der Waals surface area contributed by atoms with Crippen LogP contribution >= 0.6 is 0 Å². The first kappa shape index (κ1) is 14.6. The zero-order chi connectivity index (χ0) is 15.1. The second kappa shape index (κ2) is 5.48. The zero-order valence-corrected chi connectivity index (χ0v) is 13.4. The van der Waals surface area contributed by atoms with Gasteiger partial charge >= 0.3 is 0 Å². The van der Waals surface area contributed by atoms with Crippen molar-refractivity contribution in [2.45, 2.75) is 58.5 Å². The highest BCUT2D eigenvalue weighted by Crippen LogP contribution is 2.38. The number of nitrogens with zero attached hydrogens (tertiary/aromatic N) is 2. The summed E-state index contributed by atoms with van der Waals surface area (Å²) in [6.45, 7) is 7.82. The van der Waals surface area contributed by atoms with E-state index in [4.69, 9.17) is 5.73 Å². The summed E-state index contributed by atoms with van der Waals surface area (Å²) in [6.07, 6.45) is 4.75. The van der Waals surface area contributed by atoms with Gasteiger partial charge in [0.25, 0.3) is 5.91 Å². The van der Waals surface area contributed by atoms with Gasteiger partial charge < -0.3 is 15.2 Å². The van der Waals surface area contributed by atoms with E-state index in [2.05, 4.69) is 31.4 Å². The van der Waals surface area contributed by atoms with E-state index in [0.29, 0.717) is 18.5 Å². The third-order valence-electron chi connectivity index (χ3n) is 5.24. The Morgan fingerprint density at radius 2 is 2.05 bits per heavy atom. The molecule has 0 radical (unpaired) electrons. The van der Waals surface area contributed by atoms with Crippen molar-refractivity contribution in [2.75, 3.05) is 13.1 Å². The maximum Gasteiger partial charge on any atom is 0.255 e. The van der Waals surface area contributed by atoms with Crippen LogP contribution in [0.25, 0.3) is 0 Å². The lowest BCUT2D eigenvalue weighted by atomic mass is 9.90.